The molecule has 125 heavy (non-hydrogen) atoms. The van der Waals surface area contributed by atoms with Crippen molar-refractivity contribution < 1.29 is 247 Å². The minimum absolute atomic E-state index is 0.810. The lowest BCUT2D eigenvalue weighted by atomic mass is 9.93. The molecule has 0 spiro atoms. The van der Waals surface area contributed by atoms with Gasteiger partial charge in [-0.2, -0.15) is 0 Å². The lowest BCUT2D eigenvalue weighted by Crippen LogP contribution is -2.71. The van der Waals surface area contributed by atoms with E-state index in [9.17, 15) is 157 Å². The highest BCUT2D eigenvalue weighted by molar-refractivity contribution is 5.75. The zero-order chi connectivity index (χ0) is 92.1. The molecule has 10 aliphatic heterocycles. The molecule has 5 amide bonds. The van der Waals surface area contributed by atoms with Gasteiger partial charge < -0.3 is 249 Å². The van der Waals surface area contributed by atoms with Crippen molar-refractivity contribution >= 4 is 29.5 Å². The van der Waals surface area contributed by atoms with E-state index in [1.165, 1.54) is 6.92 Å². The summed E-state index contributed by atoms with van der Waals surface area (Å²) >= 11 is 0. The maximum absolute atomic E-state index is 13.3. The van der Waals surface area contributed by atoms with Gasteiger partial charge in [-0.15, -0.1) is 0 Å². The van der Waals surface area contributed by atoms with Crippen molar-refractivity contribution in [1.29, 1.82) is 0 Å². The number of ether oxygens (including phenoxy) is 19. The molecule has 0 aromatic heterocycles. The quantitative estimate of drug-likeness (QED) is 0.0297. The Labute approximate surface area is 708 Å². The summed E-state index contributed by atoms with van der Waals surface area (Å²) in [5.41, 5.74) is 0. The first-order chi connectivity index (χ1) is 59.1. The monoisotopic (exact) mass is 1830 g/mol. The molecule has 0 saturated carbocycles. The molecule has 10 heterocycles. The summed E-state index contributed by atoms with van der Waals surface area (Å²) in [5.74, 6) is -4.58. The number of amides is 5. The lowest BCUT2D eigenvalue weighted by molar-refractivity contribution is -0.399. The Balaban J connectivity index is 0.987. The van der Waals surface area contributed by atoms with Crippen LogP contribution in [0.1, 0.15) is 41.5 Å². The average Bonchev–Trinajstić information content (AvgIpc) is 0.769. The lowest BCUT2D eigenvalue weighted by Gasteiger charge is -2.51. The van der Waals surface area contributed by atoms with Gasteiger partial charge in [0.1, 0.15) is 238 Å². The maximum Gasteiger partial charge on any atom is 0.217 e. The number of carbonyl (C=O) groups excluding carboxylic acids is 5. The molecule has 0 aliphatic carbocycles. The van der Waals surface area contributed by atoms with E-state index in [2.05, 4.69) is 26.6 Å². The van der Waals surface area contributed by atoms with Crippen LogP contribution >= 0.6 is 0 Å². The summed E-state index contributed by atoms with van der Waals surface area (Å²) in [5, 5.41) is 304. The van der Waals surface area contributed by atoms with Crippen LogP contribution in [0.15, 0.2) is 0 Å². The predicted octanol–water partition coefficient (Wildman–Crippen LogP) is -21.1. The highest BCUT2D eigenvalue weighted by Crippen LogP contribution is 2.41. The smallest absolute Gasteiger partial charge is 0.217 e. The van der Waals surface area contributed by atoms with Crippen molar-refractivity contribution in [2.75, 3.05) is 59.5 Å². The third-order valence-corrected chi connectivity index (χ3v) is 22.8. The van der Waals surface area contributed by atoms with Gasteiger partial charge in [-0.05, 0) is 6.92 Å². The van der Waals surface area contributed by atoms with Gasteiger partial charge in [0.05, 0.1) is 65.6 Å². The van der Waals surface area contributed by atoms with Crippen LogP contribution in [0.4, 0.5) is 0 Å². The summed E-state index contributed by atoms with van der Waals surface area (Å²) in [6.45, 7) is -3.85. The van der Waals surface area contributed by atoms with Gasteiger partial charge in [0.25, 0.3) is 0 Å². The van der Waals surface area contributed by atoms with Crippen molar-refractivity contribution in [3.63, 3.8) is 0 Å². The van der Waals surface area contributed by atoms with E-state index in [4.69, 9.17) is 90.0 Å². The minimum Gasteiger partial charge on any atom is -0.394 e. The number of carbonyl (C=O) groups is 5. The van der Waals surface area contributed by atoms with Gasteiger partial charge in [-0.3, -0.25) is 24.0 Å². The molecule has 55 nitrogen and oxygen atoms in total. The van der Waals surface area contributed by atoms with E-state index >= 15 is 0 Å². The molecule has 0 radical (unpaired) electrons. The minimum atomic E-state index is -2.63. The van der Waals surface area contributed by atoms with E-state index in [1.54, 1.807) is 0 Å². The Kier molecular flexibility index (Phi) is 36.8. The molecule has 50 atom stereocenters. The average molecular weight is 1830 g/mol. The zero-order valence-corrected chi connectivity index (χ0v) is 67.7. The Morgan fingerprint density at radius 2 is 0.496 bits per heavy atom. The molecular weight excluding hydrogens is 1710 g/mol. The SMILES string of the molecule is CC(=O)N[C@@H]1[C@@H](O)[C@H](O[C@@H]2O[C@H](CO)[C@@H](O[C@@H]3O[C@H](CO[C@H]4O[C@H](CO)[C@@H](O)[C@H](O)[C@@H]4O[C@@H]4O[C@H](CO)[C@@H](O[C@@H]5O[C@H](CO)[C@H](O)[C@H](O)[C@H]5NC(C)=O)[C@H](O)[C@H]4NC(C)=O)[C@@H](O)[C@H](O[C@H]4O[C@H](CO)[C@@H](O)[C@H](O)[C@@H]4O[C@@H]4O[C@H](CO)[C@@H](O[C@@H]5O[C@H](CO)[C@H](O)[C@H](O)[C@H]5O)[C@H](O)[C@H]4NC(C)=O)[C@@H]3O)[C@H](O)[C@H]2NC(C)=O)[C@@H](CO[C@@H]2O[C@@H](C)[C@@H](O)[C@@H](O)[C@@H]2O)O[C@H]1O. The highest BCUT2D eigenvalue weighted by Gasteiger charge is 2.62. The van der Waals surface area contributed by atoms with E-state index in [0.717, 1.165) is 34.6 Å². The van der Waals surface area contributed by atoms with Crippen molar-refractivity contribution in [2.45, 2.75) is 348 Å². The summed E-state index contributed by atoms with van der Waals surface area (Å²) in [4.78, 5) is 64.2. The second kappa shape index (κ2) is 44.9. The largest absolute Gasteiger partial charge is 0.394 e. The number of aliphatic hydroxyl groups excluding tert-OH is 26. The van der Waals surface area contributed by atoms with Gasteiger partial charge in [0.15, 0.2) is 62.9 Å². The van der Waals surface area contributed by atoms with Crippen LogP contribution in [-0.2, 0) is 114 Å². The summed E-state index contributed by atoms with van der Waals surface area (Å²) in [6, 6.07) is -9.38. The molecular formula is C70H117N5O50. The zero-order valence-electron chi connectivity index (χ0n) is 67.7. The van der Waals surface area contributed by atoms with Gasteiger partial charge in [0, 0.05) is 34.6 Å². The molecule has 10 fully saturated rings. The normalized spacial score (nSPS) is 48.7. The van der Waals surface area contributed by atoms with Crippen LogP contribution in [0.2, 0.25) is 0 Å². The fraction of sp³-hybridized carbons (Fsp3) is 0.929. The van der Waals surface area contributed by atoms with E-state index in [1.807, 2.05) is 0 Å². The molecule has 722 valence electrons. The molecule has 10 rings (SSSR count). The van der Waals surface area contributed by atoms with Crippen LogP contribution < -0.4 is 26.6 Å². The summed E-state index contributed by atoms with van der Waals surface area (Å²) in [6.07, 6.45) is -93.1. The van der Waals surface area contributed by atoms with Crippen LogP contribution in [0.5, 0.6) is 0 Å². The first-order valence-corrected chi connectivity index (χ1v) is 40.0. The molecule has 0 bridgehead atoms. The summed E-state index contributed by atoms with van der Waals surface area (Å²) in [7, 11) is 0. The second-order valence-electron chi connectivity index (χ2n) is 31.7. The fourth-order valence-electron chi connectivity index (χ4n) is 16.2. The van der Waals surface area contributed by atoms with Crippen molar-refractivity contribution in [1.82, 2.24) is 26.6 Å². The standard InChI is InChI=1S/C70H117N5O50/c1-16-36(88)47(99)51(103)66(109-16)107-15-30-57(43(95)31(61(106)110-30)71-17(2)83)120-63-33(73-19(4)85)45(97)56(28(13-82)115-63)122-68-53(105)58(123-70-60(50(102)40(92)25(10-79)114-70)125-65-35(75-21(6)87)46(98)55(27(12-81)117-65)121-67-52(104)48(100)38(90)23(8-77)112-67)41(93)29(118-68)14-108-69-59(49(101)39(91)24(9-78)113-69)124-64-34(74-20(5)86)44(96)54(26(11-80)116-64)119-62-32(72-18(3)84)42(94)37(89)22(7-76)111-62/h16,22-70,76-82,88-106H,7-15H2,1-6H3,(H,71,83)(H,72,84)(H,73,85)(H,74,86)(H,75,87)/t16-,22+,23+,24+,25+,26+,27+,28+,29+,30+,31+,32+,33+,34+,35+,36+,37-,38-,39+,40+,41+,42+,43+,44+,45+,46+,47+,48-,49-,50-,51-,52+,53-,54+,55+,56+,57+,58-,59-,60-,61+,62-,63-,64-,65-,66+,67-,68-,69-,70+/m0/s1. The molecule has 0 unspecified atom stereocenters. The number of hydrogen-bond donors (Lipinski definition) is 31. The van der Waals surface area contributed by atoms with Crippen LogP contribution in [0.3, 0.4) is 0 Å². The molecule has 31 N–H and O–H groups in total. The van der Waals surface area contributed by atoms with Crippen LogP contribution in [-0.4, -0.2) is 529 Å². The predicted molar refractivity (Wildman–Crippen MR) is 386 cm³/mol. The third-order valence-electron chi connectivity index (χ3n) is 22.8. The fourth-order valence-corrected chi connectivity index (χ4v) is 16.2. The Morgan fingerprint density at radius 3 is 0.912 bits per heavy atom. The Hall–Kier alpha value is -4.45. The highest BCUT2D eigenvalue weighted by atomic mass is 16.8. The van der Waals surface area contributed by atoms with Gasteiger partial charge >= 0.3 is 0 Å². The molecule has 0 aromatic carbocycles. The van der Waals surface area contributed by atoms with E-state index in [0.29, 0.717) is 0 Å². The van der Waals surface area contributed by atoms with Crippen LogP contribution in [0, 0.1) is 0 Å². The molecule has 10 saturated heterocycles. The Bertz CT molecular complexity index is 3420. The van der Waals surface area contributed by atoms with Crippen molar-refractivity contribution in [2.24, 2.45) is 0 Å². The molecule has 0 aromatic rings. The number of nitrogens with one attached hydrogen (secondary N) is 5. The Morgan fingerprint density at radius 1 is 0.224 bits per heavy atom. The van der Waals surface area contributed by atoms with Gasteiger partial charge in [0.2, 0.25) is 29.5 Å². The number of aliphatic hydroxyl groups is 26. The van der Waals surface area contributed by atoms with Crippen molar-refractivity contribution in [3.05, 3.63) is 0 Å². The third kappa shape index (κ3) is 23.1. The van der Waals surface area contributed by atoms with Crippen LogP contribution in [0.25, 0.3) is 0 Å². The first kappa shape index (κ1) is 103. The molecule has 55 heteroatoms. The number of rotatable bonds is 32. The van der Waals surface area contributed by atoms with Gasteiger partial charge in [-0.1, -0.05) is 0 Å². The maximum atomic E-state index is 13.3. The topological polar surface area (TPSA) is 847 Å². The van der Waals surface area contributed by atoms with Gasteiger partial charge in [-0.25, -0.2) is 0 Å². The second-order valence-corrected chi connectivity index (χ2v) is 31.7. The number of hydrogen-bond acceptors (Lipinski definition) is 50. The van der Waals surface area contributed by atoms with Crippen molar-refractivity contribution in [3.8, 4) is 0 Å². The first-order valence-electron chi connectivity index (χ1n) is 40.0. The van der Waals surface area contributed by atoms with E-state index < -0.39 is 396 Å². The van der Waals surface area contributed by atoms with E-state index in [-0.39, 0.29) is 0 Å². The molecule has 10 aliphatic rings. The summed E-state index contributed by atoms with van der Waals surface area (Å²) < 4.78 is 114.